The highest BCUT2D eigenvalue weighted by molar-refractivity contribution is 9.10. The van der Waals surface area contributed by atoms with Crippen molar-refractivity contribution in [2.45, 2.75) is 20.8 Å². The Hall–Kier alpha value is -0.900. The highest BCUT2D eigenvalue weighted by Crippen LogP contribution is 2.15. The summed E-state index contributed by atoms with van der Waals surface area (Å²) in [5.74, 6) is 0.917. The summed E-state index contributed by atoms with van der Waals surface area (Å²) in [5.41, 5.74) is 0. The van der Waals surface area contributed by atoms with Crippen molar-refractivity contribution in [1.82, 2.24) is 4.98 Å². The summed E-state index contributed by atoms with van der Waals surface area (Å²) in [6.45, 7) is 5.97. The third kappa shape index (κ3) is 3.63. The molecule has 1 amide bonds. The summed E-state index contributed by atoms with van der Waals surface area (Å²) in [6, 6.07) is 3.60. The van der Waals surface area contributed by atoms with E-state index in [1.54, 1.807) is 12.3 Å². The molecule has 0 radical (unpaired) electrons. The first kappa shape index (κ1) is 12.2. The van der Waals surface area contributed by atoms with Gasteiger partial charge in [0.2, 0.25) is 5.91 Å². The van der Waals surface area contributed by atoms with Crippen LogP contribution in [0.3, 0.4) is 0 Å². The number of pyridine rings is 1. The molecule has 3 nitrogen and oxygen atoms in total. The summed E-state index contributed by atoms with van der Waals surface area (Å²) in [7, 11) is 0. The van der Waals surface area contributed by atoms with Crippen LogP contribution in [0.2, 0.25) is 0 Å². The number of halogens is 1. The Morgan fingerprint density at radius 3 is 2.67 bits per heavy atom. The van der Waals surface area contributed by atoms with Crippen LogP contribution >= 0.6 is 15.9 Å². The fraction of sp³-hybridized carbons (Fsp3) is 0.455. The summed E-state index contributed by atoms with van der Waals surface area (Å²) >= 11 is 3.33. The van der Waals surface area contributed by atoms with Gasteiger partial charge < -0.3 is 5.32 Å². The molecule has 0 aliphatic carbocycles. The van der Waals surface area contributed by atoms with Gasteiger partial charge in [-0.3, -0.25) is 4.79 Å². The Bertz CT molecular complexity index is 352. The molecule has 0 fully saturated rings. The molecule has 0 aliphatic rings. The van der Waals surface area contributed by atoms with E-state index in [2.05, 4.69) is 26.2 Å². The summed E-state index contributed by atoms with van der Waals surface area (Å²) in [5, 5.41) is 2.78. The second-order valence-electron chi connectivity index (χ2n) is 3.88. The Morgan fingerprint density at radius 2 is 2.13 bits per heavy atom. The molecule has 0 spiro atoms. The van der Waals surface area contributed by atoms with Gasteiger partial charge in [-0.05, 0) is 18.1 Å². The Morgan fingerprint density at radius 1 is 1.47 bits per heavy atom. The molecule has 1 aromatic rings. The maximum Gasteiger partial charge on any atom is 0.228 e. The Labute approximate surface area is 98.4 Å². The minimum atomic E-state index is -0.00854. The maximum atomic E-state index is 11.7. The van der Waals surface area contributed by atoms with Crippen LogP contribution in [0.1, 0.15) is 20.8 Å². The molecule has 0 aromatic carbocycles. The predicted molar refractivity (Wildman–Crippen MR) is 64.6 cm³/mol. The third-order valence-electron chi connectivity index (χ3n) is 2.39. The summed E-state index contributed by atoms with van der Waals surface area (Å²) in [4.78, 5) is 15.8. The lowest BCUT2D eigenvalue weighted by atomic mass is 9.97. The summed E-state index contributed by atoms with van der Waals surface area (Å²) in [6.07, 6.45) is 1.65. The number of nitrogens with one attached hydrogen (secondary N) is 1. The van der Waals surface area contributed by atoms with Gasteiger partial charge in [-0.25, -0.2) is 4.98 Å². The minimum Gasteiger partial charge on any atom is -0.310 e. The molecule has 0 saturated heterocycles. The van der Waals surface area contributed by atoms with E-state index in [0.29, 0.717) is 11.7 Å². The van der Waals surface area contributed by atoms with E-state index in [9.17, 15) is 4.79 Å². The highest BCUT2D eigenvalue weighted by atomic mass is 79.9. The summed E-state index contributed by atoms with van der Waals surface area (Å²) < 4.78 is 0.907. The molecular formula is C11H15BrN2O. The number of carbonyl (C=O) groups is 1. The van der Waals surface area contributed by atoms with Crippen LogP contribution in [0, 0.1) is 11.8 Å². The third-order valence-corrected chi connectivity index (χ3v) is 2.88. The molecule has 1 heterocycles. The van der Waals surface area contributed by atoms with E-state index in [-0.39, 0.29) is 11.8 Å². The first-order valence-electron chi connectivity index (χ1n) is 4.93. The van der Waals surface area contributed by atoms with Crippen LogP contribution in [-0.4, -0.2) is 10.9 Å². The number of hydrogen-bond donors (Lipinski definition) is 1. The molecule has 0 bridgehead atoms. The monoisotopic (exact) mass is 270 g/mol. The SMILES string of the molecule is CC(C)C(C)C(=O)Nc1cc(Br)ccn1. The molecule has 1 rings (SSSR count). The molecule has 4 heteroatoms. The van der Waals surface area contributed by atoms with E-state index in [4.69, 9.17) is 0 Å². The van der Waals surface area contributed by atoms with E-state index in [1.165, 1.54) is 0 Å². The van der Waals surface area contributed by atoms with E-state index < -0.39 is 0 Å². The number of amides is 1. The van der Waals surface area contributed by atoms with Gasteiger partial charge in [0.25, 0.3) is 0 Å². The van der Waals surface area contributed by atoms with Crippen molar-refractivity contribution in [3.63, 3.8) is 0 Å². The Balaban J connectivity index is 2.66. The number of carbonyl (C=O) groups excluding carboxylic acids is 1. The number of hydrogen-bond acceptors (Lipinski definition) is 2. The molecule has 0 aliphatic heterocycles. The molecule has 82 valence electrons. The van der Waals surface area contributed by atoms with Gasteiger partial charge in [0.05, 0.1) is 0 Å². The van der Waals surface area contributed by atoms with Crippen molar-refractivity contribution in [1.29, 1.82) is 0 Å². The van der Waals surface area contributed by atoms with Crippen molar-refractivity contribution in [3.05, 3.63) is 22.8 Å². The van der Waals surface area contributed by atoms with Gasteiger partial charge >= 0.3 is 0 Å². The number of nitrogens with zero attached hydrogens (tertiary/aromatic N) is 1. The number of rotatable bonds is 3. The van der Waals surface area contributed by atoms with Crippen molar-refractivity contribution in [2.24, 2.45) is 11.8 Å². The second-order valence-corrected chi connectivity index (χ2v) is 4.80. The molecule has 15 heavy (non-hydrogen) atoms. The predicted octanol–water partition coefficient (Wildman–Crippen LogP) is 3.07. The van der Waals surface area contributed by atoms with E-state index >= 15 is 0 Å². The van der Waals surface area contributed by atoms with Crippen LogP contribution < -0.4 is 5.32 Å². The molecule has 1 aromatic heterocycles. The van der Waals surface area contributed by atoms with Gasteiger partial charge in [-0.1, -0.05) is 36.7 Å². The first-order valence-corrected chi connectivity index (χ1v) is 5.72. The Kier molecular flexibility index (Phi) is 4.27. The standard InChI is InChI=1S/C11H15BrN2O/c1-7(2)8(3)11(15)14-10-6-9(12)4-5-13-10/h4-8H,1-3H3,(H,13,14,15). The number of anilines is 1. The highest BCUT2D eigenvalue weighted by Gasteiger charge is 2.16. The van der Waals surface area contributed by atoms with Crippen LogP contribution in [-0.2, 0) is 4.79 Å². The molecular weight excluding hydrogens is 256 g/mol. The number of aromatic nitrogens is 1. The second kappa shape index (κ2) is 5.26. The van der Waals surface area contributed by atoms with Crippen LogP contribution in [0.15, 0.2) is 22.8 Å². The van der Waals surface area contributed by atoms with Gasteiger partial charge in [0.1, 0.15) is 5.82 Å². The van der Waals surface area contributed by atoms with Gasteiger partial charge in [0.15, 0.2) is 0 Å². The fourth-order valence-electron chi connectivity index (χ4n) is 1.02. The molecule has 1 atom stereocenters. The van der Waals surface area contributed by atoms with Gasteiger partial charge in [-0.15, -0.1) is 0 Å². The zero-order valence-electron chi connectivity index (χ0n) is 9.12. The molecule has 1 N–H and O–H groups in total. The lowest BCUT2D eigenvalue weighted by Crippen LogP contribution is -2.24. The largest absolute Gasteiger partial charge is 0.310 e. The van der Waals surface area contributed by atoms with Gasteiger partial charge in [-0.2, -0.15) is 0 Å². The van der Waals surface area contributed by atoms with E-state index in [0.717, 1.165) is 4.47 Å². The minimum absolute atomic E-state index is 0.00854. The van der Waals surface area contributed by atoms with Crippen LogP contribution in [0.5, 0.6) is 0 Å². The smallest absolute Gasteiger partial charge is 0.228 e. The topological polar surface area (TPSA) is 42.0 Å². The van der Waals surface area contributed by atoms with Crippen molar-refractivity contribution < 1.29 is 4.79 Å². The zero-order valence-corrected chi connectivity index (χ0v) is 10.7. The molecule has 0 saturated carbocycles. The first-order chi connectivity index (χ1) is 7.00. The lowest BCUT2D eigenvalue weighted by Gasteiger charge is -2.14. The quantitative estimate of drug-likeness (QED) is 0.917. The lowest BCUT2D eigenvalue weighted by molar-refractivity contribution is -0.120. The van der Waals surface area contributed by atoms with Crippen molar-refractivity contribution in [3.8, 4) is 0 Å². The zero-order chi connectivity index (χ0) is 11.4. The average molecular weight is 271 g/mol. The van der Waals surface area contributed by atoms with Crippen molar-refractivity contribution >= 4 is 27.7 Å². The van der Waals surface area contributed by atoms with Crippen LogP contribution in [0.4, 0.5) is 5.82 Å². The fourth-order valence-corrected chi connectivity index (χ4v) is 1.35. The van der Waals surface area contributed by atoms with E-state index in [1.807, 2.05) is 26.8 Å². The van der Waals surface area contributed by atoms with Gasteiger partial charge in [0, 0.05) is 16.6 Å². The molecule has 1 unspecified atom stereocenters. The average Bonchev–Trinajstić information content (AvgIpc) is 2.16. The van der Waals surface area contributed by atoms with Crippen LogP contribution in [0.25, 0.3) is 0 Å². The normalized spacial score (nSPS) is 12.6. The maximum absolute atomic E-state index is 11.7. The van der Waals surface area contributed by atoms with Crippen molar-refractivity contribution in [2.75, 3.05) is 5.32 Å².